The summed E-state index contributed by atoms with van der Waals surface area (Å²) < 4.78 is 0. The van der Waals surface area contributed by atoms with Gasteiger partial charge in [0.05, 0.1) is 5.52 Å². The monoisotopic (exact) mass is 240 g/mol. The van der Waals surface area contributed by atoms with Gasteiger partial charge in [0.15, 0.2) is 0 Å². The molecule has 0 bridgehead atoms. The molecule has 1 aromatic heterocycles. The summed E-state index contributed by atoms with van der Waals surface area (Å²) in [6, 6.07) is 12.6. The Kier molecular flexibility index (Phi) is 3.15. The van der Waals surface area contributed by atoms with E-state index in [0.29, 0.717) is 0 Å². The molecule has 0 aliphatic carbocycles. The van der Waals surface area contributed by atoms with Gasteiger partial charge in [-0.05, 0) is 31.7 Å². The summed E-state index contributed by atoms with van der Waals surface area (Å²) in [5, 5.41) is 1.21. The lowest BCUT2D eigenvalue weighted by Crippen LogP contribution is -2.46. The summed E-state index contributed by atoms with van der Waals surface area (Å²) in [5.74, 6) is 1.09. The van der Waals surface area contributed by atoms with Crippen molar-refractivity contribution in [2.45, 2.75) is 0 Å². The van der Waals surface area contributed by atoms with Crippen molar-refractivity contribution in [3.05, 3.63) is 43.3 Å². The smallest absolute Gasteiger partial charge is 0.129 e. The van der Waals surface area contributed by atoms with Crippen molar-refractivity contribution in [2.24, 2.45) is 0 Å². The molecule has 3 rings (SSSR count). The fourth-order valence-electron chi connectivity index (χ4n) is 2.43. The first-order valence-corrected chi connectivity index (χ1v) is 6.49. The third-order valence-electron chi connectivity index (χ3n) is 3.60. The summed E-state index contributed by atoms with van der Waals surface area (Å²) in [4.78, 5) is 9.47. The maximum absolute atomic E-state index is 4.74. The van der Waals surface area contributed by atoms with E-state index in [9.17, 15) is 0 Å². The van der Waals surface area contributed by atoms with Crippen LogP contribution in [0.2, 0.25) is 0 Å². The lowest BCUT2D eigenvalue weighted by molar-refractivity contribution is 0.282. The Hall–Kier alpha value is -1.61. The zero-order valence-corrected chi connectivity index (χ0v) is 10.5. The van der Waals surface area contributed by atoms with Crippen molar-refractivity contribution < 1.29 is 0 Å². The van der Waals surface area contributed by atoms with Gasteiger partial charge >= 0.3 is 0 Å². The molecule has 1 radical (unpaired) electrons. The molecule has 2 heterocycles. The van der Waals surface area contributed by atoms with Crippen LogP contribution >= 0.6 is 0 Å². The summed E-state index contributed by atoms with van der Waals surface area (Å²) in [6.45, 7) is 9.09. The van der Waals surface area contributed by atoms with Gasteiger partial charge in [0.1, 0.15) is 5.82 Å². The molecular formula is C15H18N3. The van der Waals surface area contributed by atoms with E-state index in [-0.39, 0.29) is 0 Å². The number of hydrogen-bond acceptors (Lipinski definition) is 3. The molecule has 3 heteroatoms. The topological polar surface area (TPSA) is 19.4 Å². The van der Waals surface area contributed by atoms with Crippen LogP contribution in [0, 0.1) is 6.92 Å². The number of benzene rings is 1. The summed E-state index contributed by atoms with van der Waals surface area (Å²) in [6.07, 6.45) is 0. The molecule has 1 aliphatic heterocycles. The quantitative estimate of drug-likeness (QED) is 0.802. The van der Waals surface area contributed by atoms with Gasteiger partial charge in [0.2, 0.25) is 0 Å². The zero-order chi connectivity index (χ0) is 12.4. The van der Waals surface area contributed by atoms with Gasteiger partial charge in [-0.2, -0.15) is 0 Å². The standard InChI is InChI=1S/C15H18N3/c1-2-17-9-11-18(12-10-17)15-8-7-13-5-3-4-6-14(13)16-15/h3-8H,1-2,9-12H2. The molecule has 3 nitrogen and oxygen atoms in total. The van der Waals surface area contributed by atoms with Crippen LogP contribution in [0.5, 0.6) is 0 Å². The molecule has 2 aromatic rings. The van der Waals surface area contributed by atoms with Gasteiger partial charge in [-0.15, -0.1) is 0 Å². The van der Waals surface area contributed by atoms with E-state index in [0.717, 1.165) is 44.1 Å². The lowest BCUT2D eigenvalue weighted by Gasteiger charge is -2.34. The van der Waals surface area contributed by atoms with Crippen molar-refractivity contribution in [3.63, 3.8) is 0 Å². The summed E-state index contributed by atoms with van der Waals surface area (Å²) >= 11 is 0. The maximum atomic E-state index is 4.74. The number of pyridine rings is 1. The largest absolute Gasteiger partial charge is 0.354 e. The Bertz CT molecular complexity index is 530. The van der Waals surface area contributed by atoms with Gasteiger partial charge in [-0.25, -0.2) is 4.98 Å². The first kappa shape index (κ1) is 11.5. The van der Waals surface area contributed by atoms with E-state index in [2.05, 4.69) is 47.1 Å². The van der Waals surface area contributed by atoms with E-state index in [1.807, 2.05) is 6.07 Å². The molecule has 1 aliphatic rings. The van der Waals surface area contributed by atoms with Crippen LogP contribution in [0.3, 0.4) is 0 Å². The zero-order valence-electron chi connectivity index (χ0n) is 10.5. The molecule has 0 amide bonds. The van der Waals surface area contributed by atoms with Crippen LogP contribution in [-0.4, -0.2) is 42.6 Å². The molecule has 0 atom stereocenters. The van der Waals surface area contributed by atoms with E-state index in [1.54, 1.807) is 0 Å². The Morgan fingerprint density at radius 2 is 1.78 bits per heavy atom. The van der Waals surface area contributed by atoms with Crippen LogP contribution in [0.4, 0.5) is 5.82 Å². The number of piperazine rings is 1. The molecule has 0 N–H and O–H groups in total. The van der Waals surface area contributed by atoms with E-state index >= 15 is 0 Å². The van der Waals surface area contributed by atoms with Gasteiger partial charge in [-0.3, -0.25) is 4.90 Å². The van der Waals surface area contributed by atoms with Crippen molar-refractivity contribution in [2.75, 3.05) is 37.6 Å². The minimum Gasteiger partial charge on any atom is -0.354 e. The predicted molar refractivity (Wildman–Crippen MR) is 75.8 cm³/mol. The van der Waals surface area contributed by atoms with E-state index in [1.165, 1.54) is 5.39 Å². The number of anilines is 1. The highest BCUT2D eigenvalue weighted by molar-refractivity contribution is 5.80. The molecule has 93 valence electrons. The number of para-hydroxylation sites is 1. The average Bonchev–Trinajstić information content (AvgIpc) is 2.47. The molecule has 18 heavy (non-hydrogen) atoms. The highest BCUT2D eigenvalue weighted by Gasteiger charge is 2.16. The number of aromatic nitrogens is 1. The Labute approximate surface area is 108 Å². The molecule has 1 saturated heterocycles. The second kappa shape index (κ2) is 4.94. The van der Waals surface area contributed by atoms with Crippen LogP contribution in [0.25, 0.3) is 10.9 Å². The van der Waals surface area contributed by atoms with Crippen molar-refractivity contribution in [3.8, 4) is 0 Å². The first-order valence-electron chi connectivity index (χ1n) is 6.49. The Morgan fingerprint density at radius 3 is 2.56 bits per heavy atom. The number of nitrogens with zero attached hydrogens (tertiary/aromatic N) is 3. The van der Waals surface area contributed by atoms with Crippen LogP contribution in [-0.2, 0) is 0 Å². The van der Waals surface area contributed by atoms with Crippen LogP contribution in [0.1, 0.15) is 0 Å². The fraction of sp³-hybridized carbons (Fsp3) is 0.333. The van der Waals surface area contributed by atoms with Crippen molar-refractivity contribution in [1.29, 1.82) is 0 Å². The molecule has 0 saturated carbocycles. The normalized spacial score (nSPS) is 17.3. The Morgan fingerprint density at radius 1 is 1.00 bits per heavy atom. The molecule has 1 fully saturated rings. The summed E-state index contributed by atoms with van der Waals surface area (Å²) in [7, 11) is 0. The lowest BCUT2D eigenvalue weighted by atomic mass is 10.2. The Balaban J connectivity index is 1.82. The maximum Gasteiger partial charge on any atom is 0.129 e. The predicted octanol–water partition coefficient (Wildman–Crippen LogP) is 2.19. The second-order valence-corrected chi connectivity index (χ2v) is 4.69. The van der Waals surface area contributed by atoms with Gasteiger partial charge in [0.25, 0.3) is 0 Å². The third-order valence-corrected chi connectivity index (χ3v) is 3.60. The van der Waals surface area contributed by atoms with E-state index in [4.69, 9.17) is 4.98 Å². The highest BCUT2D eigenvalue weighted by atomic mass is 15.3. The van der Waals surface area contributed by atoms with Gasteiger partial charge in [-0.1, -0.05) is 18.2 Å². The minimum absolute atomic E-state index is 0.902. The highest BCUT2D eigenvalue weighted by Crippen LogP contribution is 2.18. The molecule has 0 unspecified atom stereocenters. The summed E-state index contributed by atoms with van der Waals surface area (Å²) in [5.41, 5.74) is 1.08. The minimum atomic E-state index is 0.902. The molecule has 0 spiro atoms. The van der Waals surface area contributed by atoms with Crippen molar-refractivity contribution >= 4 is 16.7 Å². The second-order valence-electron chi connectivity index (χ2n) is 4.69. The SMILES string of the molecule is [CH2]CN1CCN(c2ccc3ccccc3n2)CC1. The number of rotatable bonds is 2. The molecule has 1 aromatic carbocycles. The van der Waals surface area contributed by atoms with Crippen molar-refractivity contribution in [1.82, 2.24) is 9.88 Å². The first-order chi connectivity index (χ1) is 8.86. The fourth-order valence-corrected chi connectivity index (χ4v) is 2.43. The molecular weight excluding hydrogens is 222 g/mol. The average molecular weight is 240 g/mol. The van der Waals surface area contributed by atoms with Crippen LogP contribution in [0.15, 0.2) is 36.4 Å². The number of hydrogen-bond donors (Lipinski definition) is 0. The van der Waals surface area contributed by atoms with Gasteiger partial charge in [0, 0.05) is 31.6 Å². The van der Waals surface area contributed by atoms with Crippen LogP contribution < -0.4 is 4.90 Å². The van der Waals surface area contributed by atoms with Gasteiger partial charge < -0.3 is 4.90 Å². The number of fused-ring (bicyclic) bond motifs is 1. The van der Waals surface area contributed by atoms with E-state index < -0.39 is 0 Å². The third kappa shape index (κ3) is 2.18.